The van der Waals surface area contributed by atoms with E-state index >= 15 is 0 Å². The van der Waals surface area contributed by atoms with Crippen molar-refractivity contribution in [2.75, 3.05) is 5.32 Å². The molecule has 1 N–H and O–H groups in total. The van der Waals surface area contributed by atoms with Crippen LogP contribution in [0.25, 0.3) is 6.08 Å². The van der Waals surface area contributed by atoms with Crippen LogP contribution in [-0.4, -0.2) is 11.6 Å². The summed E-state index contributed by atoms with van der Waals surface area (Å²) in [5.41, 5.74) is 1.68. The maximum absolute atomic E-state index is 12.0. The molecule has 0 atom stereocenters. The van der Waals surface area contributed by atoms with Gasteiger partial charge in [0.25, 0.3) is 0 Å². The minimum atomic E-state index is -0.629. The first-order valence-corrected chi connectivity index (χ1v) is 6.32. The average molecular weight is 268 g/mol. The molecule has 0 aromatic heterocycles. The van der Waals surface area contributed by atoms with Gasteiger partial charge in [-0.05, 0) is 38.5 Å². The highest BCUT2D eigenvalue weighted by atomic mass is 16.6. The zero-order valence-electron chi connectivity index (χ0n) is 11.7. The number of nitriles is 1. The molecule has 102 valence electrons. The van der Waals surface area contributed by atoms with Crippen LogP contribution in [0.3, 0.4) is 0 Å². The van der Waals surface area contributed by atoms with Crippen LogP contribution in [0.1, 0.15) is 26.3 Å². The van der Waals surface area contributed by atoms with E-state index in [1.54, 1.807) is 26.8 Å². The first kappa shape index (κ1) is 13.9. The van der Waals surface area contributed by atoms with Gasteiger partial charge in [-0.15, -0.1) is 0 Å². The minimum absolute atomic E-state index is 0.0225. The molecule has 0 fully saturated rings. The highest BCUT2D eigenvalue weighted by Crippen LogP contribution is 2.26. The Morgan fingerprint density at radius 1 is 1.25 bits per heavy atom. The number of ether oxygens (including phenoxy) is 1. The molecule has 0 saturated heterocycles. The topological polar surface area (TPSA) is 62.1 Å². The van der Waals surface area contributed by atoms with E-state index in [4.69, 9.17) is 4.74 Å². The lowest BCUT2D eigenvalue weighted by atomic mass is 10.1. The standard InChI is InChI=1S/C16H16N2O2/c1-16(2,3)20-15(19)12(10-17)14-9-8-11-6-4-5-7-13(11)18-14/h4-9,18H,1-3H3/b14-12-. The zero-order valence-corrected chi connectivity index (χ0v) is 11.7. The van der Waals surface area contributed by atoms with Crippen molar-refractivity contribution >= 4 is 17.7 Å². The summed E-state index contributed by atoms with van der Waals surface area (Å²) >= 11 is 0. The monoisotopic (exact) mass is 268 g/mol. The molecule has 1 aromatic carbocycles. The second-order valence-electron chi connectivity index (χ2n) is 5.45. The molecule has 0 saturated carbocycles. The van der Waals surface area contributed by atoms with Gasteiger partial charge in [0, 0.05) is 5.69 Å². The molecule has 20 heavy (non-hydrogen) atoms. The number of rotatable bonds is 1. The van der Waals surface area contributed by atoms with Crippen LogP contribution in [0.15, 0.2) is 41.6 Å². The van der Waals surface area contributed by atoms with Crippen molar-refractivity contribution in [1.82, 2.24) is 0 Å². The molecule has 0 radical (unpaired) electrons. The molecule has 1 aliphatic heterocycles. The fourth-order valence-corrected chi connectivity index (χ4v) is 1.81. The van der Waals surface area contributed by atoms with Crippen molar-refractivity contribution in [1.29, 1.82) is 5.26 Å². The second kappa shape index (κ2) is 5.22. The van der Waals surface area contributed by atoms with Crippen molar-refractivity contribution in [3.63, 3.8) is 0 Å². The lowest BCUT2D eigenvalue weighted by Gasteiger charge is -2.21. The summed E-state index contributed by atoms with van der Waals surface area (Å²) in [5, 5.41) is 12.3. The quantitative estimate of drug-likeness (QED) is 0.482. The number of hydrogen-bond acceptors (Lipinski definition) is 4. The van der Waals surface area contributed by atoms with Crippen molar-refractivity contribution in [3.8, 4) is 6.07 Å². The Hall–Kier alpha value is -2.54. The Labute approximate surface area is 118 Å². The van der Waals surface area contributed by atoms with E-state index in [1.807, 2.05) is 36.4 Å². The highest BCUT2D eigenvalue weighted by Gasteiger charge is 2.23. The molecule has 1 heterocycles. The number of allylic oxidation sites excluding steroid dienone is 1. The number of hydrogen-bond donors (Lipinski definition) is 1. The van der Waals surface area contributed by atoms with Crippen molar-refractivity contribution in [2.24, 2.45) is 0 Å². The molecular weight excluding hydrogens is 252 g/mol. The molecule has 1 aromatic rings. The number of anilines is 1. The van der Waals surface area contributed by atoms with E-state index in [1.165, 1.54) is 0 Å². The third-order valence-electron chi connectivity index (χ3n) is 2.64. The van der Waals surface area contributed by atoms with Crippen molar-refractivity contribution in [2.45, 2.75) is 26.4 Å². The van der Waals surface area contributed by atoms with Crippen LogP contribution in [0.2, 0.25) is 0 Å². The number of carbonyl (C=O) groups is 1. The van der Waals surface area contributed by atoms with Crippen LogP contribution in [0.5, 0.6) is 0 Å². The average Bonchev–Trinajstić information content (AvgIpc) is 2.37. The van der Waals surface area contributed by atoms with Gasteiger partial charge in [-0.1, -0.05) is 24.3 Å². The molecule has 0 aliphatic carbocycles. The summed E-state index contributed by atoms with van der Waals surface area (Å²) in [6, 6.07) is 9.58. The Morgan fingerprint density at radius 2 is 1.95 bits per heavy atom. The van der Waals surface area contributed by atoms with Crippen molar-refractivity contribution in [3.05, 3.63) is 47.2 Å². The van der Waals surface area contributed by atoms with Gasteiger partial charge in [-0.3, -0.25) is 0 Å². The van der Waals surface area contributed by atoms with Crippen LogP contribution >= 0.6 is 0 Å². The van der Waals surface area contributed by atoms with Gasteiger partial charge in [-0.2, -0.15) is 5.26 Å². The third kappa shape index (κ3) is 3.07. The fourth-order valence-electron chi connectivity index (χ4n) is 1.81. The minimum Gasteiger partial charge on any atom is -0.456 e. The smallest absolute Gasteiger partial charge is 0.351 e. The Balaban J connectivity index is 2.33. The number of nitrogens with one attached hydrogen (secondary N) is 1. The maximum atomic E-state index is 12.0. The molecule has 2 rings (SSSR count). The normalized spacial score (nSPS) is 15.7. The largest absolute Gasteiger partial charge is 0.456 e. The lowest BCUT2D eigenvalue weighted by molar-refractivity contribution is -0.149. The number of nitrogens with zero attached hydrogens (tertiary/aromatic N) is 1. The van der Waals surface area contributed by atoms with E-state index < -0.39 is 11.6 Å². The zero-order chi connectivity index (χ0) is 14.8. The second-order valence-corrected chi connectivity index (χ2v) is 5.45. The third-order valence-corrected chi connectivity index (χ3v) is 2.64. The molecule has 0 unspecified atom stereocenters. The Morgan fingerprint density at radius 3 is 2.60 bits per heavy atom. The van der Waals surface area contributed by atoms with Gasteiger partial charge in [0.1, 0.15) is 11.7 Å². The molecule has 0 spiro atoms. The number of benzene rings is 1. The van der Waals surface area contributed by atoms with Crippen LogP contribution in [0, 0.1) is 11.3 Å². The van der Waals surface area contributed by atoms with E-state index in [0.29, 0.717) is 5.70 Å². The van der Waals surface area contributed by atoms with E-state index in [2.05, 4.69) is 5.32 Å². The Bertz CT molecular complexity index is 643. The summed E-state index contributed by atoms with van der Waals surface area (Å²) in [6.07, 6.45) is 3.58. The predicted molar refractivity (Wildman–Crippen MR) is 77.6 cm³/mol. The number of esters is 1. The number of carbonyl (C=O) groups excluding carboxylic acids is 1. The molecule has 4 heteroatoms. The Kier molecular flexibility index (Phi) is 3.62. The maximum Gasteiger partial charge on any atom is 0.351 e. The molecular formula is C16H16N2O2. The first-order valence-electron chi connectivity index (χ1n) is 6.32. The molecule has 4 nitrogen and oxygen atoms in total. The molecule has 1 aliphatic rings. The van der Waals surface area contributed by atoms with E-state index in [0.717, 1.165) is 11.3 Å². The molecule has 0 amide bonds. The first-order chi connectivity index (χ1) is 9.40. The summed E-state index contributed by atoms with van der Waals surface area (Å²) in [6.45, 7) is 5.30. The fraction of sp³-hybridized carbons (Fsp3) is 0.250. The highest BCUT2D eigenvalue weighted by molar-refractivity contribution is 5.96. The predicted octanol–water partition coefficient (Wildman–Crippen LogP) is 3.24. The van der Waals surface area contributed by atoms with Gasteiger partial charge in [0.15, 0.2) is 5.57 Å². The van der Waals surface area contributed by atoms with E-state index in [9.17, 15) is 10.1 Å². The van der Waals surface area contributed by atoms with E-state index in [-0.39, 0.29) is 5.57 Å². The summed E-state index contributed by atoms with van der Waals surface area (Å²) in [7, 11) is 0. The van der Waals surface area contributed by atoms with Crippen LogP contribution in [0.4, 0.5) is 5.69 Å². The van der Waals surface area contributed by atoms with Crippen LogP contribution < -0.4 is 5.32 Å². The van der Waals surface area contributed by atoms with Gasteiger partial charge in [-0.25, -0.2) is 4.79 Å². The van der Waals surface area contributed by atoms with Gasteiger partial charge < -0.3 is 10.1 Å². The van der Waals surface area contributed by atoms with Gasteiger partial charge in [0.05, 0.1) is 5.70 Å². The molecule has 0 bridgehead atoms. The van der Waals surface area contributed by atoms with Crippen molar-refractivity contribution < 1.29 is 9.53 Å². The van der Waals surface area contributed by atoms with Gasteiger partial charge >= 0.3 is 5.97 Å². The number of fused-ring (bicyclic) bond motifs is 1. The summed E-state index contributed by atoms with van der Waals surface area (Å²) in [5.74, 6) is -0.619. The lowest BCUT2D eigenvalue weighted by Crippen LogP contribution is -2.26. The summed E-state index contributed by atoms with van der Waals surface area (Å²) < 4.78 is 5.24. The van der Waals surface area contributed by atoms with Gasteiger partial charge in [0.2, 0.25) is 0 Å². The number of para-hydroxylation sites is 1. The summed E-state index contributed by atoms with van der Waals surface area (Å²) in [4.78, 5) is 12.0. The van der Waals surface area contributed by atoms with Crippen LogP contribution in [-0.2, 0) is 9.53 Å². The SMILES string of the molecule is CC(C)(C)OC(=O)/C(C#N)=C1/C=Cc2ccccc2N1.